The van der Waals surface area contributed by atoms with Gasteiger partial charge >= 0.3 is 0 Å². The van der Waals surface area contributed by atoms with E-state index in [9.17, 15) is 4.39 Å². The van der Waals surface area contributed by atoms with Gasteiger partial charge in [0.25, 0.3) is 0 Å². The highest BCUT2D eigenvalue weighted by molar-refractivity contribution is 5.61. The SMILES string of the molecule is CCCCCc1ncc(-c2ccc(CCCCC)c(F)c2)cn1. The number of aromatic nitrogens is 2. The molecule has 3 heteroatoms. The minimum atomic E-state index is -0.120. The van der Waals surface area contributed by atoms with E-state index in [1.807, 2.05) is 12.1 Å². The highest BCUT2D eigenvalue weighted by Crippen LogP contribution is 2.22. The van der Waals surface area contributed by atoms with Gasteiger partial charge in [0.15, 0.2) is 0 Å². The standard InChI is InChI=1S/C20H27FN2/c1-3-5-7-9-16-11-12-17(13-19(16)21)18-14-22-20(23-15-18)10-8-6-4-2/h11-15H,3-10H2,1-2H3. The van der Waals surface area contributed by atoms with Gasteiger partial charge in [0.05, 0.1) is 0 Å². The second-order valence-corrected chi connectivity index (χ2v) is 6.11. The molecule has 2 rings (SSSR count). The van der Waals surface area contributed by atoms with Crippen LogP contribution in [0, 0.1) is 5.82 Å². The molecule has 2 aromatic rings. The van der Waals surface area contributed by atoms with Crippen molar-refractivity contribution in [2.24, 2.45) is 0 Å². The van der Waals surface area contributed by atoms with Gasteiger partial charge in [-0.1, -0.05) is 51.7 Å². The van der Waals surface area contributed by atoms with Gasteiger partial charge in [0.2, 0.25) is 0 Å². The number of unbranched alkanes of at least 4 members (excludes halogenated alkanes) is 4. The molecular formula is C20H27FN2. The summed E-state index contributed by atoms with van der Waals surface area (Å²) >= 11 is 0. The lowest BCUT2D eigenvalue weighted by Gasteiger charge is -2.07. The van der Waals surface area contributed by atoms with Crippen molar-refractivity contribution >= 4 is 0 Å². The lowest BCUT2D eigenvalue weighted by atomic mass is 10.0. The van der Waals surface area contributed by atoms with Gasteiger partial charge in [-0.25, -0.2) is 14.4 Å². The lowest BCUT2D eigenvalue weighted by Crippen LogP contribution is -1.96. The average molecular weight is 314 g/mol. The Hall–Kier alpha value is -1.77. The van der Waals surface area contributed by atoms with Crippen molar-refractivity contribution in [3.63, 3.8) is 0 Å². The maximum absolute atomic E-state index is 14.2. The number of nitrogens with zero attached hydrogens (tertiary/aromatic N) is 2. The second kappa shape index (κ2) is 9.39. The summed E-state index contributed by atoms with van der Waals surface area (Å²) in [6.07, 6.45) is 12.2. The van der Waals surface area contributed by atoms with Crippen molar-refractivity contribution in [1.82, 2.24) is 9.97 Å². The minimum Gasteiger partial charge on any atom is -0.241 e. The third-order valence-electron chi connectivity index (χ3n) is 4.15. The van der Waals surface area contributed by atoms with Crippen LogP contribution in [0.3, 0.4) is 0 Å². The fraction of sp³-hybridized carbons (Fsp3) is 0.500. The van der Waals surface area contributed by atoms with Crippen LogP contribution in [0.25, 0.3) is 11.1 Å². The van der Waals surface area contributed by atoms with Crippen LogP contribution in [0.5, 0.6) is 0 Å². The van der Waals surface area contributed by atoms with E-state index in [1.54, 1.807) is 18.5 Å². The maximum Gasteiger partial charge on any atom is 0.128 e. The Morgan fingerprint density at radius 2 is 1.48 bits per heavy atom. The van der Waals surface area contributed by atoms with E-state index in [2.05, 4.69) is 23.8 Å². The molecule has 0 N–H and O–H groups in total. The summed E-state index contributed by atoms with van der Waals surface area (Å²) in [5.41, 5.74) is 2.53. The molecule has 23 heavy (non-hydrogen) atoms. The van der Waals surface area contributed by atoms with Crippen molar-refractivity contribution < 1.29 is 4.39 Å². The van der Waals surface area contributed by atoms with E-state index in [1.165, 1.54) is 12.8 Å². The predicted octanol–water partition coefficient (Wildman–Crippen LogP) is 5.75. The van der Waals surface area contributed by atoms with Gasteiger partial charge in [-0.2, -0.15) is 0 Å². The first-order valence-electron chi connectivity index (χ1n) is 8.84. The summed E-state index contributed by atoms with van der Waals surface area (Å²) in [6.45, 7) is 4.34. The summed E-state index contributed by atoms with van der Waals surface area (Å²) in [5, 5.41) is 0. The summed E-state index contributed by atoms with van der Waals surface area (Å²) in [4.78, 5) is 8.81. The Morgan fingerprint density at radius 3 is 2.09 bits per heavy atom. The number of rotatable bonds is 9. The van der Waals surface area contributed by atoms with Gasteiger partial charge in [0.1, 0.15) is 11.6 Å². The molecule has 0 radical (unpaired) electrons. The van der Waals surface area contributed by atoms with Crippen molar-refractivity contribution in [1.29, 1.82) is 0 Å². The second-order valence-electron chi connectivity index (χ2n) is 6.11. The quantitative estimate of drug-likeness (QED) is 0.551. The first-order valence-corrected chi connectivity index (χ1v) is 8.84. The Labute approximate surface area is 139 Å². The molecule has 0 saturated carbocycles. The highest BCUT2D eigenvalue weighted by Gasteiger charge is 2.06. The number of hydrogen-bond donors (Lipinski definition) is 0. The summed E-state index contributed by atoms with van der Waals surface area (Å²) in [7, 11) is 0. The van der Waals surface area contributed by atoms with Crippen LogP contribution < -0.4 is 0 Å². The third-order valence-corrected chi connectivity index (χ3v) is 4.15. The van der Waals surface area contributed by atoms with Crippen LogP contribution in [-0.4, -0.2) is 9.97 Å². The molecule has 2 nitrogen and oxygen atoms in total. The molecular weight excluding hydrogens is 287 g/mol. The van der Waals surface area contributed by atoms with Crippen molar-refractivity contribution in [3.8, 4) is 11.1 Å². The van der Waals surface area contributed by atoms with Crippen LogP contribution in [0.4, 0.5) is 4.39 Å². The van der Waals surface area contributed by atoms with Crippen LogP contribution >= 0.6 is 0 Å². The Balaban J connectivity index is 2.02. The molecule has 1 aromatic carbocycles. The van der Waals surface area contributed by atoms with Crippen LogP contribution in [0.15, 0.2) is 30.6 Å². The van der Waals surface area contributed by atoms with Gasteiger partial charge in [-0.05, 0) is 36.5 Å². The van der Waals surface area contributed by atoms with E-state index in [0.29, 0.717) is 0 Å². The van der Waals surface area contributed by atoms with Crippen LogP contribution in [0.1, 0.15) is 63.8 Å². The molecule has 0 spiro atoms. The smallest absolute Gasteiger partial charge is 0.128 e. The van der Waals surface area contributed by atoms with E-state index < -0.39 is 0 Å². The van der Waals surface area contributed by atoms with Gasteiger partial charge < -0.3 is 0 Å². The topological polar surface area (TPSA) is 25.8 Å². The van der Waals surface area contributed by atoms with Gasteiger partial charge in [-0.15, -0.1) is 0 Å². The van der Waals surface area contributed by atoms with E-state index >= 15 is 0 Å². The molecule has 124 valence electrons. The largest absolute Gasteiger partial charge is 0.241 e. The third kappa shape index (κ3) is 5.42. The van der Waals surface area contributed by atoms with Crippen molar-refractivity contribution in [3.05, 3.63) is 47.8 Å². The molecule has 0 aliphatic carbocycles. The van der Waals surface area contributed by atoms with E-state index in [4.69, 9.17) is 0 Å². The Bertz CT molecular complexity index is 593. The number of aryl methyl sites for hydroxylation is 2. The van der Waals surface area contributed by atoms with Crippen LogP contribution in [-0.2, 0) is 12.8 Å². The molecule has 0 aliphatic rings. The zero-order valence-electron chi connectivity index (χ0n) is 14.3. The number of halogens is 1. The van der Waals surface area contributed by atoms with E-state index in [0.717, 1.165) is 61.0 Å². The molecule has 0 aliphatic heterocycles. The summed E-state index contributed by atoms with van der Waals surface area (Å²) in [6, 6.07) is 5.48. The Kier molecular flexibility index (Phi) is 7.18. The normalized spacial score (nSPS) is 10.9. The molecule has 0 amide bonds. The molecule has 0 bridgehead atoms. The monoisotopic (exact) mass is 314 g/mol. The molecule has 0 atom stereocenters. The van der Waals surface area contributed by atoms with Crippen molar-refractivity contribution in [2.45, 2.75) is 65.2 Å². The minimum absolute atomic E-state index is 0.120. The summed E-state index contributed by atoms with van der Waals surface area (Å²) < 4.78 is 14.2. The Morgan fingerprint density at radius 1 is 0.826 bits per heavy atom. The first-order chi connectivity index (χ1) is 11.2. The lowest BCUT2D eigenvalue weighted by molar-refractivity contribution is 0.599. The number of hydrogen-bond acceptors (Lipinski definition) is 2. The molecule has 1 aromatic heterocycles. The molecule has 0 fully saturated rings. The highest BCUT2D eigenvalue weighted by atomic mass is 19.1. The zero-order valence-corrected chi connectivity index (χ0v) is 14.3. The van der Waals surface area contributed by atoms with E-state index in [-0.39, 0.29) is 5.82 Å². The van der Waals surface area contributed by atoms with Crippen molar-refractivity contribution in [2.75, 3.05) is 0 Å². The molecule has 1 heterocycles. The maximum atomic E-state index is 14.2. The zero-order chi connectivity index (χ0) is 16.5. The van der Waals surface area contributed by atoms with Gasteiger partial charge in [0, 0.05) is 24.4 Å². The summed E-state index contributed by atoms with van der Waals surface area (Å²) in [5.74, 6) is 0.754. The van der Waals surface area contributed by atoms with Gasteiger partial charge in [-0.3, -0.25) is 0 Å². The predicted molar refractivity (Wildman–Crippen MR) is 93.9 cm³/mol. The molecule has 0 unspecified atom stereocenters. The molecule has 0 saturated heterocycles. The fourth-order valence-corrected chi connectivity index (χ4v) is 2.66. The number of benzene rings is 1. The van der Waals surface area contributed by atoms with Crippen LogP contribution in [0.2, 0.25) is 0 Å². The fourth-order valence-electron chi connectivity index (χ4n) is 2.66. The first kappa shape index (κ1) is 17.6. The average Bonchev–Trinajstić information content (AvgIpc) is 2.57.